The quantitative estimate of drug-likeness (QED) is 0.335. The van der Waals surface area contributed by atoms with Gasteiger partial charge in [-0.15, -0.1) is 0 Å². The lowest BCUT2D eigenvalue weighted by Crippen LogP contribution is -2.41. The van der Waals surface area contributed by atoms with Crippen molar-refractivity contribution in [3.8, 4) is 0 Å². The molecule has 0 atom stereocenters. The lowest BCUT2D eigenvalue weighted by molar-refractivity contribution is -0.143. The highest BCUT2D eigenvalue weighted by Gasteiger charge is 2.36. The van der Waals surface area contributed by atoms with Gasteiger partial charge in [-0.3, -0.25) is 9.89 Å². The fourth-order valence-electron chi connectivity index (χ4n) is 3.01. The molecule has 1 aliphatic rings. The summed E-state index contributed by atoms with van der Waals surface area (Å²) >= 11 is 0. The van der Waals surface area contributed by atoms with Gasteiger partial charge in [-0.25, -0.2) is 0 Å². The summed E-state index contributed by atoms with van der Waals surface area (Å²) in [5, 5.41) is 6.42. The molecule has 0 bridgehead atoms. The average Bonchev–Trinajstić information content (AvgIpc) is 2.48. The van der Waals surface area contributed by atoms with Crippen LogP contribution in [-0.4, -0.2) is 70.5 Å². The summed E-state index contributed by atoms with van der Waals surface area (Å²) in [6.07, 6.45) is 1.12. The van der Waals surface area contributed by atoms with Crippen LogP contribution in [0, 0.1) is 5.41 Å². The van der Waals surface area contributed by atoms with Crippen molar-refractivity contribution in [3.63, 3.8) is 0 Å². The van der Waals surface area contributed by atoms with Crippen molar-refractivity contribution in [1.29, 1.82) is 0 Å². The summed E-state index contributed by atoms with van der Waals surface area (Å²) in [5.74, 6) is 0.740. The SMILES string of the molecule is CCNC(=NCC1(CCOC)CCC1)NCCCN(C)CC(F)(F)F. The molecule has 1 aliphatic carbocycles. The van der Waals surface area contributed by atoms with Crippen LogP contribution in [0.1, 0.15) is 39.0 Å². The number of rotatable bonds is 11. The van der Waals surface area contributed by atoms with Gasteiger partial charge in [0.05, 0.1) is 6.54 Å². The van der Waals surface area contributed by atoms with Gasteiger partial charge in [-0.1, -0.05) is 6.42 Å². The topological polar surface area (TPSA) is 48.9 Å². The van der Waals surface area contributed by atoms with E-state index in [0.717, 1.165) is 32.1 Å². The molecule has 0 unspecified atom stereocenters. The van der Waals surface area contributed by atoms with Crippen LogP contribution in [0.4, 0.5) is 13.2 Å². The van der Waals surface area contributed by atoms with E-state index in [1.807, 2.05) is 6.92 Å². The van der Waals surface area contributed by atoms with E-state index in [1.54, 1.807) is 7.11 Å². The molecule has 0 spiro atoms. The van der Waals surface area contributed by atoms with Gasteiger partial charge < -0.3 is 15.4 Å². The van der Waals surface area contributed by atoms with Crippen LogP contribution < -0.4 is 10.6 Å². The van der Waals surface area contributed by atoms with Crippen LogP contribution in [0.2, 0.25) is 0 Å². The van der Waals surface area contributed by atoms with Gasteiger partial charge >= 0.3 is 6.18 Å². The number of ether oxygens (including phenoxy) is 1. The molecule has 0 aromatic carbocycles. The molecule has 0 aromatic heterocycles. The molecule has 0 radical (unpaired) electrons. The van der Waals surface area contributed by atoms with Crippen molar-refractivity contribution >= 4 is 5.96 Å². The minimum atomic E-state index is -4.14. The normalized spacial score (nSPS) is 17.5. The van der Waals surface area contributed by atoms with E-state index in [2.05, 4.69) is 15.6 Å². The fourth-order valence-corrected chi connectivity index (χ4v) is 3.01. The Labute approximate surface area is 149 Å². The number of methoxy groups -OCH3 is 1. The molecular formula is C17H33F3N4O. The third-order valence-corrected chi connectivity index (χ3v) is 4.63. The Morgan fingerprint density at radius 3 is 2.52 bits per heavy atom. The Hall–Kier alpha value is -1.02. The molecule has 1 saturated carbocycles. The van der Waals surface area contributed by atoms with E-state index in [0.29, 0.717) is 19.5 Å². The number of nitrogens with zero attached hydrogens (tertiary/aromatic N) is 2. The maximum absolute atomic E-state index is 12.3. The van der Waals surface area contributed by atoms with Crippen LogP contribution in [0.15, 0.2) is 4.99 Å². The average molecular weight is 366 g/mol. The number of halogens is 3. The van der Waals surface area contributed by atoms with Gasteiger partial charge in [-0.2, -0.15) is 13.2 Å². The number of aliphatic imine (C=N–C) groups is 1. The summed E-state index contributed by atoms with van der Waals surface area (Å²) in [4.78, 5) is 5.97. The molecule has 0 aromatic rings. The first-order valence-corrected chi connectivity index (χ1v) is 9.07. The Balaban J connectivity index is 2.35. The second kappa shape index (κ2) is 10.9. The largest absolute Gasteiger partial charge is 0.401 e. The summed E-state index contributed by atoms with van der Waals surface area (Å²) in [7, 11) is 3.21. The minimum absolute atomic E-state index is 0.255. The number of hydrogen-bond donors (Lipinski definition) is 2. The van der Waals surface area contributed by atoms with E-state index in [4.69, 9.17) is 4.74 Å². The number of alkyl halides is 3. The molecule has 0 heterocycles. The molecule has 8 heteroatoms. The summed E-state index contributed by atoms with van der Waals surface area (Å²) in [5.41, 5.74) is 0.255. The van der Waals surface area contributed by atoms with Gasteiger partial charge in [0, 0.05) is 33.4 Å². The molecule has 0 aliphatic heterocycles. The minimum Gasteiger partial charge on any atom is -0.385 e. The molecule has 1 fully saturated rings. The predicted molar refractivity (Wildman–Crippen MR) is 94.9 cm³/mol. The Morgan fingerprint density at radius 2 is 2.00 bits per heavy atom. The smallest absolute Gasteiger partial charge is 0.385 e. The molecular weight excluding hydrogens is 333 g/mol. The van der Waals surface area contributed by atoms with Crippen molar-refractivity contribution in [2.75, 3.05) is 53.5 Å². The van der Waals surface area contributed by atoms with Gasteiger partial charge in [-0.05, 0) is 51.6 Å². The van der Waals surface area contributed by atoms with Crippen LogP contribution in [-0.2, 0) is 4.74 Å². The molecule has 2 N–H and O–H groups in total. The first-order chi connectivity index (χ1) is 11.8. The first-order valence-electron chi connectivity index (χ1n) is 9.07. The molecule has 1 rings (SSSR count). The van der Waals surface area contributed by atoms with Crippen molar-refractivity contribution in [2.24, 2.45) is 10.4 Å². The highest BCUT2D eigenvalue weighted by atomic mass is 19.4. The van der Waals surface area contributed by atoms with E-state index in [9.17, 15) is 13.2 Å². The first kappa shape index (κ1) is 22.0. The lowest BCUT2D eigenvalue weighted by atomic mass is 9.67. The third-order valence-electron chi connectivity index (χ3n) is 4.63. The zero-order valence-electron chi connectivity index (χ0n) is 15.7. The molecule has 5 nitrogen and oxygen atoms in total. The number of guanidine groups is 1. The molecule has 0 amide bonds. The zero-order valence-corrected chi connectivity index (χ0v) is 15.7. The summed E-state index contributed by atoms with van der Waals surface area (Å²) in [6, 6.07) is 0. The van der Waals surface area contributed by atoms with Crippen molar-refractivity contribution in [1.82, 2.24) is 15.5 Å². The molecule has 0 saturated heterocycles. The van der Waals surface area contributed by atoms with Crippen LogP contribution in [0.25, 0.3) is 0 Å². The van der Waals surface area contributed by atoms with Crippen molar-refractivity contribution in [2.45, 2.75) is 45.2 Å². The van der Waals surface area contributed by atoms with E-state index in [-0.39, 0.29) is 5.41 Å². The Bertz CT molecular complexity index is 398. The second-order valence-corrected chi connectivity index (χ2v) is 6.92. The second-order valence-electron chi connectivity index (χ2n) is 6.92. The predicted octanol–water partition coefficient (Wildman–Crippen LogP) is 2.63. The van der Waals surface area contributed by atoms with E-state index >= 15 is 0 Å². The standard InChI is InChI=1S/C17H33F3N4O/c1-4-21-15(22-10-6-11-24(2)14-17(18,19)20)23-13-16(7-5-8-16)9-12-25-3/h4-14H2,1-3H3,(H2,21,22,23). The Morgan fingerprint density at radius 1 is 1.28 bits per heavy atom. The van der Waals surface area contributed by atoms with E-state index < -0.39 is 12.7 Å². The monoisotopic (exact) mass is 366 g/mol. The summed E-state index contributed by atoms with van der Waals surface area (Å²) in [6.45, 7) is 4.39. The number of hydrogen-bond acceptors (Lipinski definition) is 3. The van der Waals surface area contributed by atoms with Crippen molar-refractivity contribution in [3.05, 3.63) is 0 Å². The molecule has 148 valence electrons. The highest BCUT2D eigenvalue weighted by molar-refractivity contribution is 5.79. The zero-order chi connectivity index (χ0) is 18.8. The van der Waals surface area contributed by atoms with Gasteiger partial charge in [0.1, 0.15) is 0 Å². The molecule has 25 heavy (non-hydrogen) atoms. The van der Waals surface area contributed by atoms with E-state index in [1.165, 1.54) is 31.2 Å². The van der Waals surface area contributed by atoms with Crippen LogP contribution in [0.3, 0.4) is 0 Å². The highest BCUT2D eigenvalue weighted by Crippen LogP contribution is 2.44. The number of nitrogens with one attached hydrogen (secondary N) is 2. The lowest BCUT2D eigenvalue weighted by Gasteiger charge is -2.40. The Kier molecular flexibility index (Phi) is 9.56. The van der Waals surface area contributed by atoms with Crippen LogP contribution in [0.5, 0.6) is 0 Å². The van der Waals surface area contributed by atoms with Crippen LogP contribution >= 0.6 is 0 Å². The van der Waals surface area contributed by atoms with Gasteiger partial charge in [0.15, 0.2) is 5.96 Å². The van der Waals surface area contributed by atoms with Gasteiger partial charge in [0.25, 0.3) is 0 Å². The van der Waals surface area contributed by atoms with Crippen molar-refractivity contribution < 1.29 is 17.9 Å². The maximum atomic E-state index is 12.3. The fraction of sp³-hybridized carbons (Fsp3) is 0.941. The third kappa shape index (κ3) is 9.30. The summed E-state index contributed by atoms with van der Waals surface area (Å²) < 4.78 is 42.1. The van der Waals surface area contributed by atoms with Gasteiger partial charge in [0.2, 0.25) is 0 Å². The maximum Gasteiger partial charge on any atom is 0.401 e.